The maximum absolute atomic E-state index is 13.8. The van der Waals surface area contributed by atoms with Crippen molar-refractivity contribution in [2.24, 2.45) is 0 Å². The quantitative estimate of drug-likeness (QED) is 0.765. The van der Waals surface area contributed by atoms with Gasteiger partial charge in [0, 0.05) is 12.1 Å². The molecule has 6 heteroatoms. The van der Waals surface area contributed by atoms with Gasteiger partial charge in [0.15, 0.2) is 0 Å². The van der Waals surface area contributed by atoms with E-state index in [4.69, 9.17) is 5.11 Å². The zero-order valence-corrected chi connectivity index (χ0v) is 9.70. The van der Waals surface area contributed by atoms with Gasteiger partial charge >= 0.3 is 0 Å². The molecule has 0 saturated heterocycles. The van der Waals surface area contributed by atoms with Gasteiger partial charge < -0.3 is 5.11 Å². The molecule has 18 heavy (non-hydrogen) atoms. The summed E-state index contributed by atoms with van der Waals surface area (Å²) in [6.07, 6.45) is -2.71. The molecule has 0 unspecified atom stereocenters. The van der Waals surface area contributed by atoms with E-state index in [1.54, 1.807) is 6.07 Å². The highest BCUT2D eigenvalue weighted by atomic mass is 19.3. The number of halogens is 4. The third-order valence-electron chi connectivity index (χ3n) is 2.43. The highest BCUT2D eigenvalue weighted by Gasteiger charge is 2.34. The third-order valence-corrected chi connectivity index (χ3v) is 2.43. The SMILES string of the molecule is OCCN(CC(F)F)CC(F)(F)c1ccccc1. The minimum absolute atomic E-state index is 0.202. The standard InChI is InChI=1S/C12H15F4NO/c13-11(14)8-17(6-7-18)9-12(15,16)10-4-2-1-3-5-10/h1-5,11,18H,6-9H2. The molecule has 0 aliphatic carbocycles. The first-order valence-electron chi connectivity index (χ1n) is 5.50. The van der Waals surface area contributed by atoms with Gasteiger partial charge in [-0.25, -0.2) is 8.78 Å². The fraction of sp³-hybridized carbons (Fsp3) is 0.500. The van der Waals surface area contributed by atoms with Gasteiger partial charge in [-0.3, -0.25) is 4.90 Å². The fourth-order valence-electron chi connectivity index (χ4n) is 1.63. The molecule has 0 heterocycles. The Morgan fingerprint density at radius 2 is 1.78 bits per heavy atom. The van der Waals surface area contributed by atoms with Gasteiger partial charge in [-0.1, -0.05) is 30.3 Å². The van der Waals surface area contributed by atoms with Gasteiger partial charge in [0.1, 0.15) is 0 Å². The molecule has 2 nitrogen and oxygen atoms in total. The normalized spacial score (nSPS) is 12.4. The molecule has 0 aromatic heterocycles. The van der Waals surface area contributed by atoms with Crippen molar-refractivity contribution in [2.45, 2.75) is 12.3 Å². The minimum atomic E-state index is -3.22. The zero-order chi connectivity index (χ0) is 13.6. The third kappa shape index (κ3) is 4.62. The lowest BCUT2D eigenvalue weighted by atomic mass is 10.1. The molecule has 1 aromatic rings. The zero-order valence-electron chi connectivity index (χ0n) is 9.70. The molecular formula is C12H15F4NO. The fourth-order valence-corrected chi connectivity index (χ4v) is 1.63. The van der Waals surface area contributed by atoms with Crippen LogP contribution in [0.3, 0.4) is 0 Å². The van der Waals surface area contributed by atoms with E-state index < -0.39 is 32.0 Å². The summed E-state index contributed by atoms with van der Waals surface area (Å²) in [5.41, 5.74) is -0.220. The van der Waals surface area contributed by atoms with Crippen molar-refractivity contribution in [3.05, 3.63) is 35.9 Å². The van der Waals surface area contributed by atoms with Crippen LogP contribution in [0.1, 0.15) is 5.56 Å². The number of nitrogens with zero attached hydrogens (tertiary/aromatic N) is 1. The number of aliphatic hydroxyl groups is 1. The lowest BCUT2D eigenvalue weighted by Gasteiger charge is -2.26. The summed E-state index contributed by atoms with van der Waals surface area (Å²) in [4.78, 5) is 0.859. The first kappa shape index (κ1) is 14.9. The minimum Gasteiger partial charge on any atom is -0.395 e. The predicted octanol–water partition coefficient (Wildman–Crippen LogP) is 2.34. The van der Waals surface area contributed by atoms with Crippen molar-refractivity contribution < 1.29 is 22.7 Å². The highest BCUT2D eigenvalue weighted by molar-refractivity contribution is 5.20. The second-order valence-corrected chi connectivity index (χ2v) is 3.92. The Morgan fingerprint density at radius 3 is 2.28 bits per heavy atom. The van der Waals surface area contributed by atoms with E-state index in [-0.39, 0.29) is 12.1 Å². The van der Waals surface area contributed by atoms with Gasteiger partial charge in [-0.15, -0.1) is 0 Å². The maximum Gasteiger partial charge on any atom is 0.285 e. The molecule has 0 fully saturated rings. The number of hydrogen-bond acceptors (Lipinski definition) is 2. The Balaban J connectivity index is 2.72. The summed E-state index contributed by atoms with van der Waals surface area (Å²) >= 11 is 0. The van der Waals surface area contributed by atoms with E-state index in [2.05, 4.69) is 0 Å². The smallest absolute Gasteiger partial charge is 0.285 e. The molecular weight excluding hydrogens is 250 g/mol. The summed E-state index contributed by atoms with van der Waals surface area (Å²) in [6.45, 7) is -2.24. The molecule has 1 rings (SSSR count). The average Bonchev–Trinajstić information content (AvgIpc) is 2.29. The molecule has 0 amide bonds. The van der Waals surface area contributed by atoms with Gasteiger partial charge in [-0.05, 0) is 0 Å². The molecule has 0 atom stereocenters. The van der Waals surface area contributed by atoms with E-state index in [0.717, 1.165) is 4.90 Å². The Bertz CT molecular complexity index is 345. The number of aliphatic hydroxyl groups excluding tert-OH is 1. The van der Waals surface area contributed by atoms with E-state index in [9.17, 15) is 17.6 Å². The van der Waals surface area contributed by atoms with Crippen LogP contribution >= 0.6 is 0 Å². The average molecular weight is 265 g/mol. The molecule has 0 aliphatic rings. The maximum atomic E-state index is 13.8. The van der Waals surface area contributed by atoms with Crippen LogP contribution in [0, 0.1) is 0 Å². The van der Waals surface area contributed by atoms with Crippen LogP contribution in [-0.2, 0) is 5.92 Å². The summed E-state index contributed by atoms with van der Waals surface area (Å²) in [6, 6.07) is 7.03. The molecule has 0 radical (unpaired) electrons. The number of hydrogen-bond donors (Lipinski definition) is 1. The Labute approximate surface area is 103 Å². The van der Waals surface area contributed by atoms with E-state index in [0.29, 0.717) is 0 Å². The summed E-state index contributed by atoms with van der Waals surface area (Å²) in [7, 11) is 0. The van der Waals surface area contributed by atoms with Crippen LogP contribution in [0.4, 0.5) is 17.6 Å². The second-order valence-electron chi connectivity index (χ2n) is 3.92. The van der Waals surface area contributed by atoms with Crippen LogP contribution in [0.5, 0.6) is 0 Å². The van der Waals surface area contributed by atoms with Crippen molar-refractivity contribution in [1.29, 1.82) is 0 Å². The summed E-state index contributed by atoms with van der Waals surface area (Å²) in [5, 5.41) is 8.69. The second kappa shape index (κ2) is 6.70. The van der Waals surface area contributed by atoms with Gasteiger partial charge in [0.05, 0.1) is 19.7 Å². The molecule has 0 spiro atoms. The van der Waals surface area contributed by atoms with Crippen molar-refractivity contribution in [3.8, 4) is 0 Å². The van der Waals surface area contributed by atoms with Crippen molar-refractivity contribution in [2.75, 3.05) is 26.2 Å². The van der Waals surface area contributed by atoms with Crippen LogP contribution in [-0.4, -0.2) is 42.7 Å². The van der Waals surface area contributed by atoms with Crippen molar-refractivity contribution >= 4 is 0 Å². The lowest BCUT2D eigenvalue weighted by Crippen LogP contribution is -2.39. The van der Waals surface area contributed by atoms with Crippen LogP contribution < -0.4 is 0 Å². The lowest BCUT2D eigenvalue weighted by molar-refractivity contribution is -0.0515. The van der Waals surface area contributed by atoms with Gasteiger partial charge in [-0.2, -0.15) is 8.78 Å². The van der Waals surface area contributed by atoms with Crippen LogP contribution in [0.15, 0.2) is 30.3 Å². The molecule has 0 aliphatic heterocycles. The Morgan fingerprint density at radius 1 is 1.17 bits per heavy atom. The number of alkyl halides is 4. The predicted molar refractivity (Wildman–Crippen MR) is 59.9 cm³/mol. The topological polar surface area (TPSA) is 23.5 Å². The van der Waals surface area contributed by atoms with Crippen LogP contribution in [0.25, 0.3) is 0 Å². The van der Waals surface area contributed by atoms with Crippen LogP contribution in [0.2, 0.25) is 0 Å². The first-order chi connectivity index (χ1) is 8.45. The molecule has 102 valence electrons. The largest absolute Gasteiger partial charge is 0.395 e. The molecule has 0 bridgehead atoms. The van der Waals surface area contributed by atoms with Gasteiger partial charge in [0.25, 0.3) is 12.3 Å². The van der Waals surface area contributed by atoms with Gasteiger partial charge in [0.2, 0.25) is 0 Å². The number of rotatable bonds is 7. The van der Waals surface area contributed by atoms with E-state index >= 15 is 0 Å². The molecule has 0 saturated carbocycles. The van der Waals surface area contributed by atoms with Crippen molar-refractivity contribution in [1.82, 2.24) is 4.90 Å². The summed E-state index contributed by atoms with van der Waals surface area (Å²) in [5.74, 6) is -3.22. The Hall–Kier alpha value is -1.14. The van der Waals surface area contributed by atoms with Crippen molar-refractivity contribution in [3.63, 3.8) is 0 Å². The molecule has 1 aromatic carbocycles. The Kier molecular flexibility index (Phi) is 5.55. The first-order valence-corrected chi connectivity index (χ1v) is 5.50. The highest BCUT2D eigenvalue weighted by Crippen LogP contribution is 2.28. The van der Waals surface area contributed by atoms with E-state index in [1.165, 1.54) is 24.3 Å². The monoisotopic (exact) mass is 265 g/mol. The number of benzene rings is 1. The summed E-state index contributed by atoms with van der Waals surface area (Å²) < 4.78 is 52.1. The molecule has 1 N–H and O–H groups in total. The van der Waals surface area contributed by atoms with E-state index in [1.807, 2.05) is 0 Å².